The Kier molecular flexibility index (Phi) is 2.52. The van der Waals surface area contributed by atoms with Gasteiger partial charge in [-0.05, 0) is 40.4 Å². The minimum absolute atomic E-state index is 0.316. The fourth-order valence-corrected chi connectivity index (χ4v) is 2.50. The molecule has 0 saturated heterocycles. The second-order valence-electron chi connectivity index (χ2n) is 4.02. The van der Waals surface area contributed by atoms with Gasteiger partial charge in [-0.2, -0.15) is 0 Å². The van der Waals surface area contributed by atoms with Crippen molar-refractivity contribution in [3.05, 3.63) is 52.8 Å². The zero-order chi connectivity index (χ0) is 12.7. The van der Waals surface area contributed by atoms with Gasteiger partial charge in [-0.25, -0.2) is 4.79 Å². The first-order valence-corrected chi connectivity index (χ1v) is 6.15. The van der Waals surface area contributed by atoms with Crippen molar-refractivity contribution in [3.8, 4) is 0 Å². The molecule has 0 saturated carbocycles. The number of carbonyl (C=O) groups is 1. The molecule has 3 aromatic rings. The summed E-state index contributed by atoms with van der Waals surface area (Å²) in [5, 5.41) is 12.7. The van der Waals surface area contributed by atoms with E-state index < -0.39 is 5.97 Å². The molecule has 4 heteroatoms. The van der Waals surface area contributed by atoms with Crippen molar-refractivity contribution in [1.82, 2.24) is 4.98 Å². The number of aromatic carboxylic acids is 1. The second kappa shape index (κ2) is 4.07. The number of nitrogens with zero attached hydrogens (tertiary/aromatic N) is 1. The zero-order valence-electron chi connectivity index (χ0n) is 9.22. The Hall–Kier alpha value is -1.94. The Morgan fingerprint density at radius 3 is 2.72 bits per heavy atom. The number of hydrogen-bond acceptors (Lipinski definition) is 2. The molecule has 2 aromatic carbocycles. The Balaban J connectivity index is 2.59. The summed E-state index contributed by atoms with van der Waals surface area (Å²) in [7, 11) is 0. The minimum atomic E-state index is -0.916. The molecule has 3 rings (SSSR count). The molecule has 0 atom stereocenters. The van der Waals surface area contributed by atoms with Gasteiger partial charge < -0.3 is 5.11 Å². The minimum Gasteiger partial charge on any atom is -0.478 e. The summed E-state index contributed by atoms with van der Waals surface area (Å²) in [4.78, 5) is 15.4. The highest BCUT2D eigenvalue weighted by atomic mass is 79.9. The third-order valence-electron chi connectivity index (χ3n) is 2.95. The lowest BCUT2D eigenvalue weighted by molar-refractivity contribution is 0.0699. The van der Waals surface area contributed by atoms with Crippen LogP contribution < -0.4 is 0 Å². The molecule has 0 radical (unpaired) electrons. The van der Waals surface area contributed by atoms with Gasteiger partial charge in [0.2, 0.25) is 0 Å². The van der Waals surface area contributed by atoms with Crippen LogP contribution in [0.2, 0.25) is 0 Å². The van der Waals surface area contributed by atoms with Crippen molar-refractivity contribution in [2.24, 2.45) is 0 Å². The molecule has 0 unspecified atom stereocenters. The van der Waals surface area contributed by atoms with E-state index in [1.54, 1.807) is 18.5 Å². The predicted octanol–water partition coefficient (Wildman–Crippen LogP) is 3.85. The number of benzene rings is 2. The Morgan fingerprint density at radius 2 is 1.94 bits per heavy atom. The first-order chi connectivity index (χ1) is 8.66. The van der Waals surface area contributed by atoms with Crippen LogP contribution in [-0.4, -0.2) is 16.1 Å². The SMILES string of the molecule is O=C(O)c1cc2ccncc2c2cc(Br)ccc12. The van der Waals surface area contributed by atoms with Crippen LogP contribution in [0.4, 0.5) is 0 Å². The van der Waals surface area contributed by atoms with Crippen LogP contribution >= 0.6 is 15.9 Å². The topological polar surface area (TPSA) is 50.2 Å². The normalized spacial score (nSPS) is 10.9. The van der Waals surface area contributed by atoms with E-state index in [4.69, 9.17) is 0 Å². The Bertz CT molecular complexity index is 783. The van der Waals surface area contributed by atoms with E-state index >= 15 is 0 Å². The molecule has 0 fully saturated rings. The van der Waals surface area contributed by atoms with Gasteiger partial charge in [0.1, 0.15) is 0 Å². The first kappa shape index (κ1) is 11.2. The van der Waals surface area contributed by atoms with Crippen LogP contribution in [0.5, 0.6) is 0 Å². The zero-order valence-corrected chi connectivity index (χ0v) is 10.8. The number of halogens is 1. The van der Waals surface area contributed by atoms with Crippen molar-refractivity contribution < 1.29 is 9.90 Å². The molecule has 0 bridgehead atoms. The lowest BCUT2D eigenvalue weighted by Crippen LogP contribution is -1.98. The van der Waals surface area contributed by atoms with E-state index in [0.717, 1.165) is 26.0 Å². The lowest BCUT2D eigenvalue weighted by Gasteiger charge is -2.07. The number of aromatic nitrogens is 1. The summed E-state index contributed by atoms with van der Waals surface area (Å²) >= 11 is 3.41. The Morgan fingerprint density at radius 1 is 1.11 bits per heavy atom. The molecule has 1 heterocycles. The molecule has 1 N–H and O–H groups in total. The summed E-state index contributed by atoms with van der Waals surface area (Å²) in [6, 6.07) is 9.09. The van der Waals surface area contributed by atoms with Crippen molar-refractivity contribution >= 4 is 43.4 Å². The molecule has 0 aliphatic rings. The highest BCUT2D eigenvalue weighted by Gasteiger charge is 2.12. The number of hydrogen-bond donors (Lipinski definition) is 1. The van der Waals surface area contributed by atoms with Crippen LogP contribution in [0.25, 0.3) is 21.5 Å². The van der Waals surface area contributed by atoms with E-state index in [2.05, 4.69) is 20.9 Å². The molecule has 3 nitrogen and oxygen atoms in total. The first-order valence-electron chi connectivity index (χ1n) is 5.36. The van der Waals surface area contributed by atoms with Crippen LogP contribution in [-0.2, 0) is 0 Å². The molecule has 0 spiro atoms. The van der Waals surface area contributed by atoms with E-state index in [1.165, 1.54) is 0 Å². The average molecular weight is 302 g/mol. The standard InChI is InChI=1S/C14H8BrNO2/c15-9-1-2-10-11(6-9)13-7-16-4-3-8(13)5-12(10)14(17)18/h1-7H,(H,17,18). The number of carboxylic acids is 1. The fourth-order valence-electron chi connectivity index (χ4n) is 2.14. The number of carboxylic acid groups (broad SMARTS) is 1. The molecular weight excluding hydrogens is 294 g/mol. The number of rotatable bonds is 1. The molecule has 18 heavy (non-hydrogen) atoms. The van der Waals surface area contributed by atoms with E-state index in [9.17, 15) is 9.90 Å². The average Bonchev–Trinajstić information content (AvgIpc) is 2.37. The molecule has 0 amide bonds. The largest absolute Gasteiger partial charge is 0.478 e. The van der Waals surface area contributed by atoms with Gasteiger partial charge in [-0.15, -0.1) is 0 Å². The third kappa shape index (κ3) is 1.66. The summed E-state index contributed by atoms with van der Waals surface area (Å²) in [5.74, 6) is -0.916. The third-order valence-corrected chi connectivity index (χ3v) is 3.44. The van der Waals surface area contributed by atoms with Crippen LogP contribution in [0.3, 0.4) is 0 Å². The quantitative estimate of drug-likeness (QED) is 0.695. The van der Waals surface area contributed by atoms with Crippen LogP contribution in [0, 0.1) is 0 Å². The highest BCUT2D eigenvalue weighted by Crippen LogP contribution is 2.30. The molecule has 88 valence electrons. The van der Waals surface area contributed by atoms with E-state index in [-0.39, 0.29) is 0 Å². The van der Waals surface area contributed by atoms with E-state index in [1.807, 2.05) is 24.3 Å². The maximum absolute atomic E-state index is 11.3. The molecule has 0 aliphatic heterocycles. The number of pyridine rings is 1. The molecule has 0 aliphatic carbocycles. The smallest absolute Gasteiger partial charge is 0.336 e. The Labute approximate surface area is 111 Å². The number of fused-ring (bicyclic) bond motifs is 3. The van der Waals surface area contributed by atoms with Gasteiger partial charge in [0.25, 0.3) is 0 Å². The highest BCUT2D eigenvalue weighted by molar-refractivity contribution is 9.10. The maximum Gasteiger partial charge on any atom is 0.336 e. The van der Waals surface area contributed by atoms with Crippen molar-refractivity contribution in [3.63, 3.8) is 0 Å². The summed E-state index contributed by atoms with van der Waals surface area (Å²) in [6.45, 7) is 0. The summed E-state index contributed by atoms with van der Waals surface area (Å²) in [6.07, 6.45) is 3.42. The molecular formula is C14H8BrNO2. The second-order valence-corrected chi connectivity index (χ2v) is 4.93. The van der Waals surface area contributed by atoms with Crippen molar-refractivity contribution in [2.75, 3.05) is 0 Å². The van der Waals surface area contributed by atoms with Crippen molar-refractivity contribution in [1.29, 1.82) is 0 Å². The van der Waals surface area contributed by atoms with Crippen LogP contribution in [0.15, 0.2) is 47.2 Å². The fraction of sp³-hybridized carbons (Fsp3) is 0. The molecule has 1 aromatic heterocycles. The monoisotopic (exact) mass is 301 g/mol. The maximum atomic E-state index is 11.3. The lowest BCUT2D eigenvalue weighted by atomic mass is 9.99. The van der Waals surface area contributed by atoms with Gasteiger partial charge in [0.05, 0.1) is 5.56 Å². The van der Waals surface area contributed by atoms with Crippen molar-refractivity contribution in [2.45, 2.75) is 0 Å². The van der Waals surface area contributed by atoms with Gasteiger partial charge in [0, 0.05) is 22.3 Å². The van der Waals surface area contributed by atoms with Gasteiger partial charge in [0.15, 0.2) is 0 Å². The predicted molar refractivity (Wildman–Crippen MR) is 73.9 cm³/mol. The van der Waals surface area contributed by atoms with Crippen LogP contribution in [0.1, 0.15) is 10.4 Å². The summed E-state index contributed by atoms with van der Waals surface area (Å²) in [5.41, 5.74) is 0.316. The summed E-state index contributed by atoms with van der Waals surface area (Å²) < 4.78 is 0.919. The van der Waals surface area contributed by atoms with Gasteiger partial charge in [-0.3, -0.25) is 4.98 Å². The van der Waals surface area contributed by atoms with Gasteiger partial charge in [-0.1, -0.05) is 22.0 Å². The van der Waals surface area contributed by atoms with Gasteiger partial charge >= 0.3 is 5.97 Å². The van der Waals surface area contributed by atoms with E-state index in [0.29, 0.717) is 5.56 Å².